The molecule has 0 bridgehead atoms. The molecular formula is C20H19. The van der Waals surface area contributed by atoms with Crippen LogP contribution in [0.3, 0.4) is 0 Å². The number of hydrogen-bond acceptors (Lipinski definition) is 0. The Labute approximate surface area is 121 Å². The lowest BCUT2D eigenvalue weighted by atomic mass is 9.83. The van der Waals surface area contributed by atoms with E-state index >= 15 is 0 Å². The number of fused-ring (bicyclic) bond motifs is 1. The number of hydrogen-bond donors (Lipinski definition) is 0. The molecule has 0 amide bonds. The van der Waals surface area contributed by atoms with Crippen molar-refractivity contribution in [3.8, 4) is 0 Å². The standard InChI is InChI=1S/C20H19/c1-15(17-8-4-3-5-9-17)16(2)19-13-12-18-10-6-7-11-20(18)14-19/h3-14,16H,1-2H3. The first-order valence-electron chi connectivity index (χ1n) is 7.13. The highest BCUT2D eigenvalue weighted by atomic mass is 14.2. The summed E-state index contributed by atoms with van der Waals surface area (Å²) in [7, 11) is 0. The van der Waals surface area contributed by atoms with Crippen LogP contribution >= 0.6 is 0 Å². The van der Waals surface area contributed by atoms with Crippen molar-refractivity contribution in [1.82, 2.24) is 0 Å². The van der Waals surface area contributed by atoms with E-state index in [-0.39, 0.29) is 0 Å². The van der Waals surface area contributed by atoms with Gasteiger partial charge in [-0.05, 0) is 27.8 Å². The SMILES string of the molecule is C[C](c1ccccc1)C(C)c1ccc2ccccc2c1. The molecular weight excluding hydrogens is 240 g/mol. The highest BCUT2D eigenvalue weighted by Crippen LogP contribution is 2.32. The molecule has 0 aliphatic heterocycles. The summed E-state index contributed by atoms with van der Waals surface area (Å²) in [5, 5.41) is 2.62. The van der Waals surface area contributed by atoms with E-state index in [2.05, 4.69) is 86.6 Å². The number of benzene rings is 3. The topological polar surface area (TPSA) is 0 Å². The maximum atomic E-state index is 2.31. The molecule has 20 heavy (non-hydrogen) atoms. The van der Waals surface area contributed by atoms with Gasteiger partial charge < -0.3 is 0 Å². The van der Waals surface area contributed by atoms with Crippen LogP contribution in [0.25, 0.3) is 10.8 Å². The summed E-state index contributed by atoms with van der Waals surface area (Å²) < 4.78 is 0. The van der Waals surface area contributed by atoms with Gasteiger partial charge in [-0.3, -0.25) is 0 Å². The Kier molecular flexibility index (Phi) is 3.56. The Hall–Kier alpha value is -2.08. The minimum absolute atomic E-state index is 0.432. The second kappa shape index (κ2) is 5.50. The van der Waals surface area contributed by atoms with Gasteiger partial charge in [0.1, 0.15) is 0 Å². The fraction of sp³-hybridized carbons (Fsp3) is 0.150. The zero-order valence-electron chi connectivity index (χ0n) is 12.0. The van der Waals surface area contributed by atoms with Gasteiger partial charge in [-0.2, -0.15) is 0 Å². The van der Waals surface area contributed by atoms with Crippen molar-refractivity contribution in [3.63, 3.8) is 0 Å². The van der Waals surface area contributed by atoms with Gasteiger partial charge in [0.05, 0.1) is 0 Å². The lowest BCUT2D eigenvalue weighted by Gasteiger charge is -2.20. The summed E-state index contributed by atoms with van der Waals surface area (Å²) in [5.74, 6) is 1.85. The first-order valence-corrected chi connectivity index (χ1v) is 7.13. The third-order valence-electron chi connectivity index (χ3n) is 4.15. The van der Waals surface area contributed by atoms with Crippen LogP contribution in [-0.4, -0.2) is 0 Å². The molecule has 0 saturated heterocycles. The Morgan fingerprint density at radius 1 is 0.750 bits per heavy atom. The van der Waals surface area contributed by atoms with E-state index in [1.807, 2.05) is 0 Å². The molecule has 0 nitrogen and oxygen atoms in total. The van der Waals surface area contributed by atoms with Crippen LogP contribution in [0.1, 0.15) is 30.9 Å². The van der Waals surface area contributed by atoms with E-state index < -0.39 is 0 Å². The molecule has 0 heteroatoms. The summed E-state index contributed by atoms with van der Waals surface area (Å²) in [6.45, 7) is 4.52. The van der Waals surface area contributed by atoms with Gasteiger partial charge in [0.15, 0.2) is 0 Å². The molecule has 0 spiro atoms. The van der Waals surface area contributed by atoms with Crippen molar-refractivity contribution in [2.45, 2.75) is 19.8 Å². The third kappa shape index (κ3) is 2.46. The highest BCUT2D eigenvalue weighted by molar-refractivity contribution is 5.83. The maximum Gasteiger partial charge on any atom is 0.00905 e. The van der Waals surface area contributed by atoms with Gasteiger partial charge in [0.2, 0.25) is 0 Å². The first kappa shape index (κ1) is 12.9. The average molecular weight is 259 g/mol. The molecule has 0 heterocycles. The highest BCUT2D eigenvalue weighted by Gasteiger charge is 2.16. The first-order chi connectivity index (χ1) is 9.75. The van der Waals surface area contributed by atoms with E-state index in [9.17, 15) is 0 Å². The zero-order valence-corrected chi connectivity index (χ0v) is 12.0. The van der Waals surface area contributed by atoms with Crippen molar-refractivity contribution in [3.05, 3.63) is 89.8 Å². The third-order valence-corrected chi connectivity index (χ3v) is 4.15. The fourth-order valence-corrected chi connectivity index (χ4v) is 2.68. The van der Waals surface area contributed by atoms with Gasteiger partial charge in [-0.1, -0.05) is 86.6 Å². The van der Waals surface area contributed by atoms with E-state index in [1.165, 1.54) is 27.8 Å². The van der Waals surface area contributed by atoms with E-state index in [0.29, 0.717) is 5.92 Å². The van der Waals surface area contributed by atoms with Crippen LogP contribution in [0.4, 0.5) is 0 Å². The van der Waals surface area contributed by atoms with Crippen LogP contribution < -0.4 is 0 Å². The lowest BCUT2D eigenvalue weighted by molar-refractivity contribution is 0.801. The van der Waals surface area contributed by atoms with E-state index in [1.54, 1.807) is 0 Å². The molecule has 99 valence electrons. The minimum atomic E-state index is 0.432. The smallest absolute Gasteiger partial charge is 0.00905 e. The molecule has 0 aromatic heterocycles. The van der Waals surface area contributed by atoms with Crippen molar-refractivity contribution in [2.24, 2.45) is 0 Å². The van der Waals surface area contributed by atoms with Gasteiger partial charge >= 0.3 is 0 Å². The molecule has 0 aliphatic rings. The average Bonchev–Trinajstić information content (AvgIpc) is 2.54. The molecule has 0 saturated carbocycles. The molecule has 1 atom stereocenters. The van der Waals surface area contributed by atoms with Crippen LogP contribution in [0.5, 0.6) is 0 Å². The molecule has 0 N–H and O–H groups in total. The van der Waals surface area contributed by atoms with Gasteiger partial charge in [0.25, 0.3) is 0 Å². The van der Waals surface area contributed by atoms with Gasteiger partial charge in [-0.15, -0.1) is 0 Å². The molecule has 3 aromatic rings. The monoisotopic (exact) mass is 259 g/mol. The van der Waals surface area contributed by atoms with Crippen molar-refractivity contribution in [1.29, 1.82) is 0 Å². The van der Waals surface area contributed by atoms with Crippen LogP contribution in [0, 0.1) is 5.92 Å². The Morgan fingerprint density at radius 3 is 2.15 bits per heavy atom. The summed E-state index contributed by atoms with van der Waals surface area (Å²) in [5.41, 5.74) is 2.71. The molecule has 3 aromatic carbocycles. The number of rotatable bonds is 3. The van der Waals surface area contributed by atoms with Crippen molar-refractivity contribution in [2.75, 3.05) is 0 Å². The summed E-state index contributed by atoms with van der Waals surface area (Å²) in [4.78, 5) is 0. The Morgan fingerprint density at radius 2 is 1.40 bits per heavy atom. The van der Waals surface area contributed by atoms with Gasteiger partial charge in [-0.25, -0.2) is 0 Å². The van der Waals surface area contributed by atoms with E-state index in [4.69, 9.17) is 0 Å². The Bertz CT molecular complexity index is 697. The van der Waals surface area contributed by atoms with Crippen LogP contribution in [-0.2, 0) is 0 Å². The normalized spacial score (nSPS) is 12.8. The Balaban J connectivity index is 1.94. The van der Waals surface area contributed by atoms with Crippen molar-refractivity contribution < 1.29 is 0 Å². The van der Waals surface area contributed by atoms with E-state index in [0.717, 1.165) is 0 Å². The second-order valence-corrected chi connectivity index (χ2v) is 5.38. The second-order valence-electron chi connectivity index (χ2n) is 5.38. The van der Waals surface area contributed by atoms with Gasteiger partial charge in [0, 0.05) is 5.92 Å². The lowest BCUT2D eigenvalue weighted by Crippen LogP contribution is -2.05. The molecule has 0 fully saturated rings. The molecule has 0 aliphatic carbocycles. The summed E-state index contributed by atoms with van der Waals surface area (Å²) in [6.07, 6.45) is 0. The summed E-state index contributed by atoms with van der Waals surface area (Å²) >= 11 is 0. The predicted octanol–water partition coefficient (Wildman–Crippen LogP) is 5.59. The minimum Gasteiger partial charge on any atom is -0.0622 e. The van der Waals surface area contributed by atoms with Crippen LogP contribution in [0.2, 0.25) is 0 Å². The largest absolute Gasteiger partial charge is 0.0622 e. The predicted molar refractivity (Wildman–Crippen MR) is 86.8 cm³/mol. The molecule has 1 radical (unpaired) electrons. The zero-order chi connectivity index (χ0) is 13.9. The maximum absolute atomic E-state index is 2.31. The summed E-state index contributed by atoms with van der Waals surface area (Å²) in [6, 6.07) is 26.0. The fourth-order valence-electron chi connectivity index (χ4n) is 2.68. The molecule has 1 unspecified atom stereocenters. The quantitative estimate of drug-likeness (QED) is 0.575. The molecule has 3 rings (SSSR count). The van der Waals surface area contributed by atoms with Crippen LogP contribution in [0.15, 0.2) is 72.8 Å². The van der Waals surface area contributed by atoms with Crippen molar-refractivity contribution >= 4 is 10.8 Å².